The summed E-state index contributed by atoms with van der Waals surface area (Å²) in [5.41, 5.74) is 5.83. The molecule has 0 bridgehead atoms. The Kier molecular flexibility index (Phi) is 5.23. The molecule has 3 N–H and O–H groups in total. The molecule has 6 nitrogen and oxygen atoms in total. The summed E-state index contributed by atoms with van der Waals surface area (Å²) in [5, 5.41) is 3.09. The molecule has 114 valence electrons. The van der Waals surface area contributed by atoms with Crippen molar-refractivity contribution in [1.29, 1.82) is 0 Å². The fourth-order valence-electron chi connectivity index (χ4n) is 2.50. The molecule has 0 aromatic rings. The summed E-state index contributed by atoms with van der Waals surface area (Å²) in [7, 11) is 3.50. The number of aliphatic imine (C=N–C) groups is 1. The van der Waals surface area contributed by atoms with E-state index in [0.29, 0.717) is 12.5 Å². The minimum Gasteiger partial charge on any atom is -0.370 e. The summed E-state index contributed by atoms with van der Waals surface area (Å²) in [6, 6.07) is 0. The van der Waals surface area contributed by atoms with E-state index in [1.807, 2.05) is 0 Å². The molecule has 0 spiro atoms. The van der Waals surface area contributed by atoms with Gasteiger partial charge >= 0.3 is 0 Å². The predicted molar refractivity (Wildman–Crippen MR) is 78.4 cm³/mol. The normalized spacial score (nSPS) is 27.2. The van der Waals surface area contributed by atoms with Gasteiger partial charge in [0.15, 0.2) is 5.96 Å². The summed E-state index contributed by atoms with van der Waals surface area (Å²) in [6.07, 6.45) is 5.28. The van der Waals surface area contributed by atoms with Crippen LogP contribution in [-0.4, -0.2) is 56.2 Å². The third kappa shape index (κ3) is 4.10. The molecule has 2 atom stereocenters. The van der Waals surface area contributed by atoms with Gasteiger partial charge < -0.3 is 20.7 Å². The van der Waals surface area contributed by atoms with E-state index in [4.69, 9.17) is 10.5 Å². The third-order valence-electron chi connectivity index (χ3n) is 4.08. The van der Waals surface area contributed by atoms with Gasteiger partial charge in [0.25, 0.3) is 5.91 Å². The Bertz CT molecular complexity index is 366. The van der Waals surface area contributed by atoms with E-state index in [0.717, 1.165) is 25.3 Å². The minimum absolute atomic E-state index is 0.0409. The number of rotatable bonds is 5. The Morgan fingerprint density at radius 1 is 1.35 bits per heavy atom. The maximum atomic E-state index is 11.8. The lowest BCUT2D eigenvalue weighted by Gasteiger charge is -2.23. The van der Waals surface area contributed by atoms with Crippen LogP contribution in [0.1, 0.15) is 32.1 Å². The van der Waals surface area contributed by atoms with E-state index >= 15 is 0 Å². The lowest BCUT2D eigenvalue weighted by Crippen LogP contribution is -2.39. The van der Waals surface area contributed by atoms with E-state index in [9.17, 15) is 4.79 Å². The molecule has 1 heterocycles. The van der Waals surface area contributed by atoms with Crippen LogP contribution in [0.15, 0.2) is 4.99 Å². The zero-order valence-corrected chi connectivity index (χ0v) is 12.5. The van der Waals surface area contributed by atoms with Crippen LogP contribution in [-0.2, 0) is 9.53 Å². The second-order valence-corrected chi connectivity index (χ2v) is 5.96. The van der Waals surface area contributed by atoms with Crippen molar-refractivity contribution >= 4 is 11.9 Å². The highest BCUT2D eigenvalue weighted by molar-refractivity contribution is 5.80. The number of guanidine groups is 1. The highest BCUT2D eigenvalue weighted by Crippen LogP contribution is 2.26. The second kappa shape index (κ2) is 6.92. The predicted octanol–water partition coefficient (Wildman–Crippen LogP) is 0.327. The van der Waals surface area contributed by atoms with E-state index < -0.39 is 0 Å². The number of hydrogen-bond acceptors (Lipinski definition) is 3. The fourth-order valence-corrected chi connectivity index (χ4v) is 2.50. The largest absolute Gasteiger partial charge is 0.370 e. The number of likely N-dealkylation sites (N-methyl/N-ethyl adjacent to an activating group) is 1. The number of amides is 1. The molecule has 1 aliphatic heterocycles. The van der Waals surface area contributed by atoms with Crippen LogP contribution < -0.4 is 11.1 Å². The van der Waals surface area contributed by atoms with Gasteiger partial charge in [-0.15, -0.1) is 0 Å². The van der Waals surface area contributed by atoms with Crippen LogP contribution >= 0.6 is 0 Å². The van der Waals surface area contributed by atoms with Crippen molar-refractivity contribution in [3.8, 4) is 0 Å². The Balaban J connectivity index is 1.65. The van der Waals surface area contributed by atoms with Crippen molar-refractivity contribution in [2.24, 2.45) is 16.6 Å². The number of hydrogen-bond donors (Lipinski definition) is 2. The molecule has 1 amide bonds. The molecule has 1 saturated carbocycles. The van der Waals surface area contributed by atoms with Crippen LogP contribution in [0, 0.1) is 5.92 Å². The summed E-state index contributed by atoms with van der Waals surface area (Å²) in [5.74, 6) is 1.25. The van der Waals surface area contributed by atoms with Crippen molar-refractivity contribution in [3.63, 3.8) is 0 Å². The van der Waals surface area contributed by atoms with E-state index in [2.05, 4.69) is 10.3 Å². The van der Waals surface area contributed by atoms with Gasteiger partial charge in [0.1, 0.15) is 6.10 Å². The molecule has 20 heavy (non-hydrogen) atoms. The quantitative estimate of drug-likeness (QED) is 0.562. The molecule has 2 rings (SSSR count). The Morgan fingerprint density at radius 2 is 2.10 bits per heavy atom. The maximum Gasteiger partial charge on any atom is 0.251 e. The van der Waals surface area contributed by atoms with E-state index in [1.54, 1.807) is 19.0 Å². The van der Waals surface area contributed by atoms with Crippen LogP contribution in [0.5, 0.6) is 0 Å². The smallest absolute Gasteiger partial charge is 0.251 e. The van der Waals surface area contributed by atoms with Crippen molar-refractivity contribution < 1.29 is 9.53 Å². The van der Waals surface area contributed by atoms with Gasteiger partial charge in [-0.25, -0.2) is 0 Å². The highest BCUT2D eigenvalue weighted by atomic mass is 16.5. The molecule has 2 aliphatic rings. The lowest BCUT2D eigenvalue weighted by atomic mass is 9.86. The zero-order chi connectivity index (χ0) is 14.5. The molecule has 2 unspecified atom stereocenters. The maximum absolute atomic E-state index is 11.8. The summed E-state index contributed by atoms with van der Waals surface area (Å²) < 4.78 is 5.73. The van der Waals surface area contributed by atoms with Crippen molar-refractivity contribution in [1.82, 2.24) is 10.2 Å². The van der Waals surface area contributed by atoms with Crippen LogP contribution in [0.4, 0.5) is 0 Å². The first-order chi connectivity index (χ1) is 9.56. The summed E-state index contributed by atoms with van der Waals surface area (Å²) in [6.45, 7) is 1.45. The van der Waals surface area contributed by atoms with Crippen LogP contribution in [0.3, 0.4) is 0 Å². The number of carbonyl (C=O) groups is 1. The van der Waals surface area contributed by atoms with Crippen molar-refractivity contribution in [2.45, 2.75) is 44.3 Å². The Hall–Kier alpha value is -1.30. The third-order valence-corrected chi connectivity index (χ3v) is 4.08. The molecular weight excluding hydrogens is 256 g/mol. The molecule has 2 fully saturated rings. The molecule has 0 radical (unpaired) electrons. The van der Waals surface area contributed by atoms with Gasteiger partial charge in [0.05, 0.1) is 6.10 Å². The standard InChI is InChI=1S/C14H26N4O2/c1-18(2)13(19)12-7-6-11(20-12)9-17-14(15)16-8-10-4-3-5-10/h10-12H,3-9H2,1-2H3,(H3,15,16,17). The van der Waals surface area contributed by atoms with Crippen LogP contribution in [0.2, 0.25) is 0 Å². The molecule has 1 saturated heterocycles. The molecular formula is C14H26N4O2. The van der Waals surface area contributed by atoms with Crippen LogP contribution in [0.25, 0.3) is 0 Å². The SMILES string of the molecule is CN(C)C(=O)C1CCC(CNC(N)=NCC2CCC2)O1. The fraction of sp³-hybridized carbons (Fsp3) is 0.857. The first-order valence-electron chi connectivity index (χ1n) is 7.46. The Labute approximate surface area is 120 Å². The molecule has 0 aromatic carbocycles. The van der Waals surface area contributed by atoms with Gasteiger partial charge in [-0.2, -0.15) is 0 Å². The first kappa shape index (κ1) is 15.1. The summed E-state index contributed by atoms with van der Waals surface area (Å²) >= 11 is 0. The van der Waals surface area contributed by atoms with Gasteiger partial charge in [-0.1, -0.05) is 6.42 Å². The minimum atomic E-state index is -0.301. The second-order valence-electron chi connectivity index (χ2n) is 5.96. The first-order valence-corrected chi connectivity index (χ1v) is 7.46. The summed E-state index contributed by atoms with van der Waals surface area (Å²) in [4.78, 5) is 17.7. The van der Waals surface area contributed by atoms with E-state index in [1.165, 1.54) is 19.3 Å². The topological polar surface area (TPSA) is 80.0 Å². The number of nitrogens with one attached hydrogen (secondary N) is 1. The number of nitrogens with two attached hydrogens (primary N) is 1. The molecule has 6 heteroatoms. The van der Waals surface area contributed by atoms with Gasteiger partial charge in [0.2, 0.25) is 0 Å². The van der Waals surface area contributed by atoms with Gasteiger partial charge in [-0.05, 0) is 31.6 Å². The lowest BCUT2D eigenvalue weighted by molar-refractivity contribution is -0.140. The van der Waals surface area contributed by atoms with E-state index in [-0.39, 0.29) is 18.1 Å². The van der Waals surface area contributed by atoms with Gasteiger partial charge in [-0.3, -0.25) is 9.79 Å². The molecule has 0 aromatic heterocycles. The number of ether oxygens (including phenoxy) is 1. The molecule has 1 aliphatic carbocycles. The highest BCUT2D eigenvalue weighted by Gasteiger charge is 2.31. The van der Waals surface area contributed by atoms with Crippen molar-refractivity contribution in [3.05, 3.63) is 0 Å². The average molecular weight is 282 g/mol. The number of carbonyl (C=O) groups excluding carboxylic acids is 1. The number of nitrogens with zero attached hydrogens (tertiary/aromatic N) is 2. The average Bonchev–Trinajstić information content (AvgIpc) is 2.82. The van der Waals surface area contributed by atoms with Gasteiger partial charge in [0, 0.05) is 27.2 Å². The Morgan fingerprint density at radius 3 is 2.70 bits per heavy atom. The zero-order valence-electron chi connectivity index (χ0n) is 12.5. The monoisotopic (exact) mass is 282 g/mol. The van der Waals surface area contributed by atoms with Crippen molar-refractivity contribution in [2.75, 3.05) is 27.2 Å².